The van der Waals surface area contributed by atoms with E-state index >= 15 is 0 Å². The normalized spacial score (nSPS) is 11.9. The maximum Gasteiger partial charge on any atom is 0.0961 e. The number of fused-ring (bicyclic) bond motifs is 1. The highest BCUT2D eigenvalue weighted by atomic mass is 15.0. The van der Waals surface area contributed by atoms with Gasteiger partial charge in [-0.2, -0.15) is 0 Å². The predicted octanol–water partition coefficient (Wildman–Crippen LogP) is 2.98. The van der Waals surface area contributed by atoms with Crippen LogP contribution in [0.3, 0.4) is 0 Å². The van der Waals surface area contributed by atoms with Crippen molar-refractivity contribution in [3.8, 4) is 0 Å². The number of aromatic nitrogens is 2. The first-order chi connectivity index (χ1) is 8.46. The summed E-state index contributed by atoms with van der Waals surface area (Å²) >= 11 is 0. The predicted molar refractivity (Wildman–Crippen MR) is 76.6 cm³/mol. The molecule has 2 rings (SSSR count). The van der Waals surface area contributed by atoms with Crippen LogP contribution in [0.2, 0.25) is 0 Å². The van der Waals surface area contributed by atoms with Gasteiger partial charge in [-0.1, -0.05) is 18.7 Å². The van der Waals surface area contributed by atoms with Gasteiger partial charge in [0.15, 0.2) is 0 Å². The molecule has 1 N–H and O–H groups in total. The molecule has 1 heterocycles. The van der Waals surface area contributed by atoms with E-state index in [1.165, 1.54) is 0 Å². The molecule has 0 atom stereocenters. The molecule has 1 aromatic carbocycles. The molecule has 0 amide bonds. The third-order valence-corrected chi connectivity index (χ3v) is 2.79. The number of rotatable bonds is 4. The van der Waals surface area contributed by atoms with E-state index in [4.69, 9.17) is 0 Å². The summed E-state index contributed by atoms with van der Waals surface area (Å²) in [5.41, 5.74) is 3.48. The Morgan fingerprint density at radius 1 is 1.33 bits per heavy atom. The molecule has 0 radical (unpaired) electrons. The molecule has 0 aliphatic carbocycles. The average Bonchev–Trinajstić information content (AvgIpc) is 2.70. The summed E-state index contributed by atoms with van der Waals surface area (Å²) in [7, 11) is 0. The van der Waals surface area contributed by atoms with Crippen molar-refractivity contribution < 1.29 is 0 Å². The number of hydrogen-bond acceptors (Lipinski definition) is 2. The van der Waals surface area contributed by atoms with Crippen molar-refractivity contribution >= 4 is 11.0 Å². The molecule has 3 heteroatoms. The lowest BCUT2D eigenvalue weighted by molar-refractivity contribution is 0.440. The molecule has 3 nitrogen and oxygen atoms in total. The van der Waals surface area contributed by atoms with Crippen molar-refractivity contribution in [2.24, 2.45) is 0 Å². The number of imidazole rings is 1. The van der Waals surface area contributed by atoms with Gasteiger partial charge in [0, 0.05) is 18.6 Å². The lowest BCUT2D eigenvalue weighted by Crippen LogP contribution is -2.37. The highest BCUT2D eigenvalue weighted by molar-refractivity contribution is 5.75. The van der Waals surface area contributed by atoms with Gasteiger partial charge >= 0.3 is 0 Å². The minimum atomic E-state index is 0.125. The maximum absolute atomic E-state index is 4.38. The number of nitrogens with zero attached hydrogens (tertiary/aromatic N) is 2. The van der Waals surface area contributed by atoms with Crippen molar-refractivity contribution in [2.45, 2.75) is 32.9 Å². The topological polar surface area (TPSA) is 29.9 Å². The molecule has 96 valence electrons. The number of benzene rings is 1. The van der Waals surface area contributed by atoms with Crippen molar-refractivity contribution in [2.75, 3.05) is 6.54 Å². The zero-order valence-corrected chi connectivity index (χ0v) is 11.4. The first-order valence-electron chi connectivity index (χ1n) is 6.27. The van der Waals surface area contributed by atoms with Crippen LogP contribution in [-0.4, -0.2) is 21.6 Å². The van der Waals surface area contributed by atoms with E-state index in [-0.39, 0.29) is 5.54 Å². The van der Waals surface area contributed by atoms with E-state index in [0.29, 0.717) is 0 Å². The van der Waals surface area contributed by atoms with Gasteiger partial charge < -0.3 is 9.88 Å². The molecule has 0 fully saturated rings. The zero-order valence-electron chi connectivity index (χ0n) is 11.4. The Morgan fingerprint density at radius 3 is 2.78 bits per heavy atom. The van der Waals surface area contributed by atoms with Crippen molar-refractivity contribution in [3.05, 3.63) is 42.7 Å². The molecule has 0 unspecified atom stereocenters. The number of para-hydroxylation sites is 2. The lowest BCUT2D eigenvalue weighted by atomic mass is 10.1. The molecule has 0 aliphatic rings. The molecule has 1 aromatic heterocycles. The third-order valence-electron chi connectivity index (χ3n) is 2.79. The van der Waals surface area contributed by atoms with E-state index in [1.54, 1.807) is 0 Å². The van der Waals surface area contributed by atoms with Crippen LogP contribution in [0.25, 0.3) is 11.0 Å². The summed E-state index contributed by atoms with van der Waals surface area (Å²) in [6.07, 6.45) is 1.88. The van der Waals surface area contributed by atoms with Gasteiger partial charge in [0.05, 0.1) is 17.4 Å². The molecule has 0 aliphatic heterocycles. The Bertz CT molecular complexity index is 546. The van der Waals surface area contributed by atoms with Crippen molar-refractivity contribution in [3.63, 3.8) is 0 Å². The number of hydrogen-bond donors (Lipinski definition) is 1. The van der Waals surface area contributed by atoms with Gasteiger partial charge in [-0.3, -0.25) is 0 Å². The van der Waals surface area contributed by atoms with Crippen molar-refractivity contribution in [1.29, 1.82) is 0 Å². The summed E-state index contributed by atoms with van der Waals surface area (Å²) in [6, 6.07) is 8.17. The molecule has 2 aromatic rings. The van der Waals surface area contributed by atoms with E-state index in [2.05, 4.69) is 48.3 Å². The van der Waals surface area contributed by atoms with Crippen LogP contribution in [0.5, 0.6) is 0 Å². The Balaban J connectivity index is 2.03. The first kappa shape index (κ1) is 12.8. The smallest absolute Gasteiger partial charge is 0.0961 e. The van der Waals surface area contributed by atoms with Crippen LogP contribution >= 0.6 is 0 Å². The quantitative estimate of drug-likeness (QED) is 0.837. The molecule has 18 heavy (non-hydrogen) atoms. The largest absolute Gasteiger partial charge is 0.326 e. The second-order valence-corrected chi connectivity index (χ2v) is 5.71. The minimum Gasteiger partial charge on any atom is -0.326 e. The van der Waals surface area contributed by atoms with E-state index < -0.39 is 0 Å². The number of nitrogens with one attached hydrogen (secondary N) is 1. The summed E-state index contributed by atoms with van der Waals surface area (Å²) in [6.45, 7) is 12.2. The second-order valence-electron chi connectivity index (χ2n) is 5.71. The fourth-order valence-electron chi connectivity index (χ4n) is 1.82. The standard InChI is InChI=1S/C15H21N3/c1-12(9-17-15(2,3)4)10-18-11-16-13-7-5-6-8-14(13)18/h5-8,11,17H,1,9-10H2,2-4H3. The average molecular weight is 243 g/mol. The van der Waals surface area contributed by atoms with Gasteiger partial charge in [-0.25, -0.2) is 4.98 Å². The van der Waals surface area contributed by atoms with Crippen molar-refractivity contribution in [1.82, 2.24) is 14.9 Å². The van der Waals surface area contributed by atoms with Gasteiger partial charge in [-0.05, 0) is 38.5 Å². The SMILES string of the molecule is C=C(CNC(C)(C)C)Cn1cnc2ccccc21. The fourth-order valence-corrected chi connectivity index (χ4v) is 1.82. The monoisotopic (exact) mass is 243 g/mol. The summed E-state index contributed by atoms with van der Waals surface area (Å²) in [5, 5.41) is 3.45. The van der Waals surface area contributed by atoms with E-state index in [9.17, 15) is 0 Å². The van der Waals surface area contributed by atoms with Crippen LogP contribution < -0.4 is 5.32 Å². The maximum atomic E-state index is 4.38. The van der Waals surface area contributed by atoms with Crippen LogP contribution in [-0.2, 0) is 6.54 Å². The lowest BCUT2D eigenvalue weighted by Gasteiger charge is -2.21. The van der Waals surface area contributed by atoms with Gasteiger partial charge in [0.2, 0.25) is 0 Å². The Labute approximate surface area is 109 Å². The molecule has 0 bridgehead atoms. The van der Waals surface area contributed by atoms with Gasteiger partial charge in [-0.15, -0.1) is 0 Å². The highest BCUT2D eigenvalue weighted by Crippen LogP contribution is 2.13. The van der Waals surface area contributed by atoms with Gasteiger partial charge in [0.25, 0.3) is 0 Å². The minimum absolute atomic E-state index is 0.125. The highest BCUT2D eigenvalue weighted by Gasteiger charge is 2.09. The second kappa shape index (κ2) is 4.94. The fraction of sp³-hybridized carbons (Fsp3) is 0.400. The van der Waals surface area contributed by atoms with Crippen LogP contribution in [0, 0.1) is 0 Å². The summed E-state index contributed by atoms with van der Waals surface area (Å²) in [5.74, 6) is 0. The molecule has 0 spiro atoms. The third kappa shape index (κ3) is 3.20. The summed E-state index contributed by atoms with van der Waals surface area (Å²) < 4.78 is 2.14. The van der Waals surface area contributed by atoms with Gasteiger partial charge in [0.1, 0.15) is 0 Å². The molecule has 0 saturated heterocycles. The Morgan fingerprint density at radius 2 is 2.06 bits per heavy atom. The first-order valence-corrected chi connectivity index (χ1v) is 6.27. The Kier molecular flexibility index (Phi) is 3.53. The summed E-state index contributed by atoms with van der Waals surface area (Å²) in [4.78, 5) is 4.38. The molecule has 0 saturated carbocycles. The van der Waals surface area contributed by atoms with E-state index in [1.807, 2.05) is 24.5 Å². The Hall–Kier alpha value is -1.61. The molecular formula is C15H21N3. The van der Waals surface area contributed by atoms with E-state index in [0.717, 1.165) is 29.7 Å². The zero-order chi connectivity index (χ0) is 13.2. The van der Waals surface area contributed by atoms with Crippen LogP contribution in [0.1, 0.15) is 20.8 Å². The van der Waals surface area contributed by atoms with Crippen LogP contribution in [0.15, 0.2) is 42.7 Å². The van der Waals surface area contributed by atoms with Crippen LogP contribution in [0.4, 0.5) is 0 Å². The molecular weight excluding hydrogens is 222 g/mol.